The number of ether oxygens (including phenoxy) is 1. The summed E-state index contributed by atoms with van der Waals surface area (Å²) < 4.78 is 11.2. The van der Waals surface area contributed by atoms with Gasteiger partial charge in [-0.15, -0.1) is 0 Å². The number of hydrogen-bond donors (Lipinski definition) is 0. The number of nitrogens with zero attached hydrogens (tertiary/aromatic N) is 4. The minimum Gasteiger partial charge on any atom is -0.422 e. The van der Waals surface area contributed by atoms with Crippen molar-refractivity contribution >= 4 is 23.1 Å². The van der Waals surface area contributed by atoms with Crippen LogP contribution in [0.4, 0.5) is 11.8 Å². The SMILES string of the molecule is c1cc2oc(N3CCOCC3)nc2nc1N1CCCC1. The number of morpholine rings is 1. The molecule has 0 unspecified atom stereocenters. The zero-order valence-corrected chi connectivity index (χ0v) is 11.4. The first kappa shape index (κ1) is 12.0. The molecule has 2 saturated heterocycles. The van der Waals surface area contributed by atoms with E-state index in [-0.39, 0.29) is 0 Å². The van der Waals surface area contributed by atoms with Crippen LogP contribution in [0.25, 0.3) is 11.2 Å². The van der Waals surface area contributed by atoms with E-state index >= 15 is 0 Å². The number of rotatable bonds is 2. The first-order valence-electron chi connectivity index (χ1n) is 7.25. The Morgan fingerprint density at radius 2 is 1.70 bits per heavy atom. The molecule has 2 aliphatic rings. The fourth-order valence-corrected chi connectivity index (χ4v) is 2.81. The highest BCUT2D eigenvalue weighted by atomic mass is 16.5. The van der Waals surface area contributed by atoms with Crippen molar-refractivity contribution in [2.45, 2.75) is 12.8 Å². The van der Waals surface area contributed by atoms with Gasteiger partial charge in [0.05, 0.1) is 13.2 Å². The van der Waals surface area contributed by atoms with Crippen molar-refractivity contribution in [3.63, 3.8) is 0 Å². The molecule has 0 saturated carbocycles. The number of aromatic nitrogens is 2. The average molecular weight is 274 g/mol. The first-order chi connectivity index (χ1) is 9.90. The van der Waals surface area contributed by atoms with Crippen LogP contribution >= 0.6 is 0 Å². The molecule has 2 aromatic rings. The second-order valence-electron chi connectivity index (χ2n) is 5.28. The molecular weight excluding hydrogens is 256 g/mol. The maximum atomic E-state index is 5.80. The van der Waals surface area contributed by atoms with Gasteiger partial charge < -0.3 is 19.0 Å². The second kappa shape index (κ2) is 4.94. The fraction of sp³-hybridized carbons (Fsp3) is 0.571. The number of fused-ring (bicyclic) bond motifs is 1. The highest BCUT2D eigenvalue weighted by Gasteiger charge is 2.19. The standard InChI is InChI=1S/C14H18N4O2/c1-2-6-17(5-1)12-4-3-11-13(15-12)16-14(20-11)18-7-9-19-10-8-18/h3-4H,1-2,5-10H2. The van der Waals surface area contributed by atoms with Crippen LogP contribution in [-0.2, 0) is 4.74 Å². The topological polar surface area (TPSA) is 54.6 Å². The summed E-state index contributed by atoms with van der Waals surface area (Å²) in [5.74, 6) is 1.01. The molecule has 4 rings (SSSR count). The fourth-order valence-electron chi connectivity index (χ4n) is 2.81. The molecule has 0 bridgehead atoms. The molecule has 20 heavy (non-hydrogen) atoms. The molecule has 2 fully saturated rings. The van der Waals surface area contributed by atoms with E-state index in [2.05, 4.69) is 19.8 Å². The molecule has 106 valence electrons. The molecule has 0 spiro atoms. The van der Waals surface area contributed by atoms with Crippen LogP contribution in [0.2, 0.25) is 0 Å². The zero-order chi connectivity index (χ0) is 13.4. The van der Waals surface area contributed by atoms with Gasteiger partial charge in [0.1, 0.15) is 5.82 Å². The molecule has 2 aliphatic heterocycles. The van der Waals surface area contributed by atoms with Gasteiger partial charge in [0, 0.05) is 26.2 Å². The van der Waals surface area contributed by atoms with Crippen LogP contribution < -0.4 is 9.80 Å². The van der Waals surface area contributed by atoms with Gasteiger partial charge >= 0.3 is 0 Å². The third-order valence-electron chi connectivity index (χ3n) is 3.94. The largest absolute Gasteiger partial charge is 0.422 e. The van der Waals surface area contributed by atoms with Crippen LogP contribution in [0.1, 0.15) is 12.8 Å². The summed E-state index contributed by atoms with van der Waals surface area (Å²) in [6, 6.07) is 4.67. The second-order valence-corrected chi connectivity index (χ2v) is 5.28. The molecule has 6 heteroatoms. The highest BCUT2D eigenvalue weighted by Crippen LogP contribution is 2.25. The maximum absolute atomic E-state index is 5.80. The van der Waals surface area contributed by atoms with E-state index in [0.29, 0.717) is 11.7 Å². The van der Waals surface area contributed by atoms with Crippen LogP contribution in [0.3, 0.4) is 0 Å². The molecule has 4 heterocycles. The monoisotopic (exact) mass is 274 g/mol. The lowest BCUT2D eigenvalue weighted by molar-refractivity contribution is 0.120. The van der Waals surface area contributed by atoms with Crippen LogP contribution in [0.15, 0.2) is 16.5 Å². The Morgan fingerprint density at radius 3 is 2.50 bits per heavy atom. The van der Waals surface area contributed by atoms with Gasteiger partial charge in [0.15, 0.2) is 5.58 Å². The molecule has 0 amide bonds. The molecule has 0 aliphatic carbocycles. The predicted molar refractivity (Wildman–Crippen MR) is 76.3 cm³/mol. The smallest absolute Gasteiger partial charge is 0.300 e. The highest BCUT2D eigenvalue weighted by molar-refractivity contribution is 5.72. The lowest BCUT2D eigenvalue weighted by Crippen LogP contribution is -2.36. The van der Waals surface area contributed by atoms with Gasteiger partial charge in [-0.3, -0.25) is 0 Å². The van der Waals surface area contributed by atoms with Crippen molar-refractivity contribution in [3.05, 3.63) is 12.1 Å². The lowest BCUT2D eigenvalue weighted by atomic mass is 10.4. The Hall–Kier alpha value is -1.82. The Bertz CT molecular complexity index is 600. The number of oxazole rings is 1. The number of hydrogen-bond acceptors (Lipinski definition) is 6. The van der Waals surface area contributed by atoms with Crippen molar-refractivity contribution in [1.82, 2.24) is 9.97 Å². The summed E-state index contributed by atoms with van der Waals surface area (Å²) in [4.78, 5) is 13.6. The molecular formula is C14H18N4O2. The molecule has 0 radical (unpaired) electrons. The Kier molecular flexibility index (Phi) is 2.95. The summed E-state index contributed by atoms with van der Waals surface area (Å²) in [6.07, 6.45) is 2.50. The van der Waals surface area contributed by atoms with E-state index in [1.54, 1.807) is 0 Å². The normalized spacial score (nSPS) is 20.0. The Morgan fingerprint density at radius 1 is 0.900 bits per heavy atom. The van der Waals surface area contributed by atoms with E-state index in [0.717, 1.165) is 50.8 Å². The van der Waals surface area contributed by atoms with Crippen LogP contribution in [0, 0.1) is 0 Å². The number of anilines is 2. The van der Waals surface area contributed by atoms with Gasteiger partial charge in [-0.25, -0.2) is 4.98 Å². The van der Waals surface area contributed by atoms with Crippen molar-refractivity contribution < 1.29 is 9.15 Å². The molecule has 0 aromatic carbocycles. The Labute approximate surface area is 117 Å². The third kappa shape index (κ3) is 2.10. The van der Waals surface area contributed by atoms with Crippen molar-refractivity contribution in [2.75, 3.05) is 49.2 Å². The zero-order valence-electron chi connectivity index (χ0n) is 11.4. The van der Waals surface area contributed by atoms with E-state index in [1.807, 2.05) is 12.1 Å². The summed E-state index contributed by atoms with van der Waals surface area (Å²) in [6.45, 7) is 5.29. The van der Waals surface area contributed by atoms with Crippen LogP contribution in [0.5, 0.6) is 0 Å². The maximum Gasteiger partial charge on any atom is 0.300 e. The summed E-state index contributed by atoms with van der Waals surface area (Å²) in [5.41, 5.74) is 1.46. The minimum atomic E-state index is 0.661. The van der Waals surface area contributed by atoms with Gasteiger partial charge in [0.2, 0.25) is 5.65 Å². The van der Waals surface area contributed by atoms with Gasteiger partial charge in [-0.2, -0.15) is 4.98 Å². The minimum absolute atomic E-state index is 0.661. The Balaban J connectivity index is 1.64. The van der Waals surface area contributed by atoms with E-state index in [9.17, 15) is 0 Å². The summed E-state index contributed by atoms with van der Waals surface area (Å²) >= 11 is 0. The quantitative estimate of drug-likeness (QED) is 0.830. The summed E-state index contributed by atoms with van der Waals surface area (Å²) in [7, 11) is 0. The van der Waals surface area contributed by atoms with E-state index in [4.69, 9.17) is 9.15 Å². The van der Waals surface area contributed by atoms with Crippen molar-refractivity contribution in [2.24, 2.45) is 0 Å². The predicted octanol–water partition coefficient (Wildman–Crippen LogP) is 1.66. The third-order valence-corrected chi connectivity index (χ3v) is 3.94. The average Bonchev–Trinajstić information content (AvgIpc) is 3.16. The molecule has 0 atom stereocenters. The van der Waals surface area contributed by atoms with E-state index < -0.39 is 0 Å². The van der Waals surface area contributed by atoms with Gasteiger partial charge in [-0.1, -0.05) is 0 Å². The van der Waals surface area contributed by atoms with Crippen LogP contribution in [-0.4, -0.2) is 49.4 Å². The summed E-state index contributed by atoms with van der Waals surface area (Å²) in [5, 5.41) is 0. The van der Waals surface area contributed by atoms with Crippen molar-refractivity contribution in [1.29, 1.82) is 0 Å². The first-order valence-corrected chi connectivity index (χ1v) is 7.25. The molecule has 0 N–H and O–H groups in total. The number of pyridine rings is 1. The lowest BCUT2D eigenvalue weighted by Gasteiger charge is -2.24. The molecule has 2 aromatic heterocycles. The van der Waals surface area contributed by atoms with Crippen molar-refractivity contribution in [3.8, 4) is 0 Å². The van der Waals surface area contributed by atoms with E-state index in [1.165, 1.54) is 12.8 Å². The van der Waals surface area contributed by atoms with Gasteiger partial charge in [-0.05, 0) is 25.0 Å². The molecule has 6 nitrogen and oxygen atoms in total. The van der Waals surface area contributed by atoms with Gasteiger partial charge in [0.25, 0.3) is 6.01 Å².